The smallest absolute Gasteiger partial charge is 0.414 e. The summed E-state index contributed by atoms with van der Waals surface area (Å²) in [6, 6.07) is 2.10. The first kappa shape index (κ1) is 18.5. The van der Waals surface area contributed by atoms with Crippen LogP contribution in [0.15, 0.2) is 24.5 Å². The van der Waals surface area contributed by atoms with E-state index in [2.05, 4.69) is 10.3 Å². The van der Waals surface area contributed by atoms with Gasteiger partial charge in [-0.25, -0.2) is 18.3 Å². The quantitative estimate of drug-likeness (QED) is 0.745. The Labute approximate surface area is 167 Å². The Morgan fingerprint density at radius 3 is 2.48 bits per heavy atom. The minimum atomic E-state index is -0.942. The third-order valence-electron chi connectivity index (χ3n) is 5.68. The van der Waals surface area contributed by atoms with Crippen LogP contribution in [-0.2, 0) is 22.1 Å². The molecule has 1 amide bonds. The molecule has 1 unspecified atom stereocenters. The number of nitrogens with zero attached hydrogens (tertiary/aromatic N) is 5. The van der Waals surface area contributed by atoms with Crippen molar-refractivity contribution in [3.8, 4) is 0 Å². The maximum Gasteiger partial charge on any atom is 0.414 e. The largest absolute Gasteiger partial charge is 0.442 e. The summed E-state index contributed by atoms with van der Waals surface area (Å²) >= 11 is 0. The standard InChI is InChI=1S/C18H19F2N5O3S/c19-15-5-13(24-8-14(28-18(24)26)7-23-4-3-21-22-23)6-16(20)17(15)25-11-1-2-12(25)10-29(27)9-11/h3-6,11-12,14H,1-2,7-10H2/t11-,12+,14-,29?/m0/s1. The summed E-state index contributed by atoms with van der Waals surface area (Å²) in [5.74, 6) is -0.590. The molecule has 0 saturated carbocycles. The van der Waals surface area contributed by atoms with Crippen molar-refractivity contribution in [3.05, 3.63) is 36.2 Å². The molecule has 1 aromatic heterocycles. The van der Waals surface area contributed by atoms with Gasteiger partial charge in [0, 0.05) is 52.7 Å². The SMILES string of the molecule is O=C1O[C@@H](Cn2ccnn2)CN1c1cc(F)c(N2[C@@H]3CC[C@H]2CS(=O)C3)c(F)c1. The summed E-state index contributed by atoms with van der Waals surface area (Å²) < 4.78 is 48.7. The van der Waals surface area contributed by atoms with Gasteiger partial charge in [0.05, 0.1) is 25.0 Å². The average Bonchev–Trinajstić information content (AvgIpc) is 3.35. The molecule has 1 aromatic carbocycles. The lowest BCUT2D eigenvalue weighted by atomic mass is 10.2. The van der Waals surface area contributed by atoms with Gasteiger partial charge in [-0.05, 0) is 12.8 Å². The van der Waals surface area contributed by atoms with Gasteiger partial charge in [0.2, 0.25) is 0 Å². The molecule has 4 atom stereocenters. The number of rotatable bonds is 4. The second kappa shape index (κ2) is 7.05. The minimum absolute atomic E-state index is 0.0929. The van der Waals surface area contributed by atoms with Crippen LogP contribution < -0.4 is 9.80 Å². The lowest BCUT2D eigenvalue weighted by Gasteiger charge is -2.36. The van der Waals surface area contributed by atoms with E-state index < -0.39 is 34.6 Å². The summed E-state index contributed by atoms with van der Waals surface area (Å²) in [6.45, 7) is 0.463. The van der Waals surface area contributed by atoms with Crippen LogP contribution in [0.1, 0.15) is 12.8 Å². The highest BCUT2D eigenvalue weighted by atomic mass is 32.2. The topological polar surface area (TPSA) is 80.6 Å². The summed E-state index contributed by atoms with van der Waals surface area (Å²) in [5.41, 5.74) is 0.0208. The number of carbonyl (C=O) groups is 1. The molecular weight excluding hydrogens is 404 g/mol. The fourth-order valence-electron chi connectivity index (χ4n) is 4.47. The number of halogens is 2. The number of ether oxygens (including phenoxy) is 1. The van der Waals surface area contributed by atoms with Crippen molar-refractivity contribution in [2.24, 2.45) is 0 Å². The molecule has 0 spiro atoms. The number of cyclic esters (lactones) is 1. The molecule has 0 radical (unpaired) electrons. The molecule has 154 valence electrons. The molecule has 3 saturated heterocycles. The number of hydrogen-bond donors (Lipinski definition) is 0. The van der Waals surface area contributed by atoms with Gasteiger partial charge < -0.3 is 9.64 Å². The van der Waals surface area contributed by atoms with Gasteiger partial charge in [0.25, 0.3) is 0 Å². The lowest BCUT2D eigenvalue weighted by Crippen LogP contribution is -2.48. The first-order valence-electron chi connectivity index (χ1n) is 9.44. The maximum absolute atomic E-state index is 15.0. The predicted molar refractivity (Wildman–Crippen MR) is 101 cm³/mol. The molecule has 29 heavy (non-hydrogen) atoms. The van der Waals surface area contributed by atoms with Gasteiger partial charge in [-0.2, -0.15) is 0 Å². The van der Waals surface area contributed by atoms with Crippen LogP contribution in [0.5, 0.6) is 0 Å². The zero-order valence-corrected chi connectivity index (χ0v) is 16.2. The molecule has 2 aromatic rings. The van der Waals surface area contributed by atoms with Crippen LogP contribution in [0.25, 0.3) is 0 Å². The van der Waals surface area contributed by atoms with E-state index in [9.17, 15) is 17.8 Å². The maximum atomic E-state index is 15.0. The highest BCUT2D eigenvalue weighted by Gasteiger charge is 2.42. The van der Waals surface area contributed by atoms with Crippen molar-refractivity contribution in [1.82, 2.24) is 15.0 Å². The van der Waals surface area contributed by atoms with Crippen molar-refractivity contribution in [2.75, 3.05) is 27.9 Å². The Kier molecular flexibility index (Phi) is 4.49. The van der Waals surface area contributed by atoms with E-state index >= 15 is 0 Å². The molecule has 3 aliphatic rings. The van der Waals surface area contributed by atoms with Gasteiger partial charge >= 0.3 is 6.09 Å². The fraction of sp³-hybridized carbons (Fsp3) is 0.500. The number of fused-ring (bicyclic) bond motifs is 2. The lowest BCUT2D eigenvalue weighted by molar-refractivity contribution is 0.129. The first-order valence-corrected chi connectivity index (χ1v) is 10.9. The van der Waals surface area contributed by atoms with Crippen molar-refractivity contribution in [3.63, 3.8) is 0 Å². The highest BCUT2D eigenvalue weighted by molar-refractivity contribution is 7.85. The Morgan fingerprint density at radius 2 is 1.86 bits per heavy atom. The molecule has 3 aliphatic heterocycles. The van der Waals surface area contributed by atoms with E-state index in [4.69, 9.17) is 4.74 Å². The van der Waals surface area contributed by atoms with E-state index in [0.717, 1.165) is 12.8 Å². The Bertz CT molecular complexity index is 933. The Balaban J connectivity index is 1.39. The summed E-state index contributed by atoms with van der Waals surface area (Å²) in [7, 11) is -0.942. The number of carbonyl (C=O) groups excluding carboxylic acids is 1. The number of benzene rings is 1. The zero-order valence-electron chi connectivity index (χ0n) is 15.4. The molecule has 8 nitrogen and oxygen atoms in total. The molecule has 5 rings (SSSR count). The van der Waals surface area contributed by atoms with Crippen LogP contribution in [-0.4, -0.2) is 61.5 Å². The third kappa shape index (κ3) is 3.26. The van der Waals surface area contributed by atoms with Crippen LogP contribution in [0.3, 0.4) is 0 Å². The van der Waals surface area contributed by atoms with E-state index in [1.54, 1.807) is 11.1 Å². The molecular formula is C18H19F2N5O3S. The van der Waals surface area contributed by atoms with Crippen LogP contribution >= 0.6 is 0 Å². The van der Waals surface area contributed by atoms with E-state index in [-0.39, 0.29) is 30.0 Å². The third-order valence-corrected chi connectivity index (χ3v) is 7.20. The number of hydrogen-bond acceptors (Lipinski definition) is 6. The summed E-state index contributed by atoms with van der Waals surface area (Å²) in [4.78, 5) is 15.2. The average molecular weight is 423 g/mol. The zero-order chi connectivity index (χ0) is 20.1. The number of anilines is 2. The van der Waals surface area contributed by atoms with E-state index in [1.807, 2.05) is 0 Å². The van der Waals surface area contributed by atoms with Gasteiger partial charge in [0.15, 0.2) is 11.6 Å². The normalized spacial score (nSPS) is 28.8. The summed E-state index contributed by atoms with van der Waals surface area (Å²) in [6.07, 6.45) is 3.56. The van der Waals surface area contributed by atoms with Crippen molar-refractivity contribution >= 4 is 28.3 Å². The molecule has 11 heteroatoms. The second-order valence-corrected chi connectivity index (χ2v) is 9.11. The Morgan fingerprint density at radius 1 is 1.17 bits per heavy atom. The van der Waals surface area contributed by atoms with Gasteiger partial charge in [-0.3, -0.25) is 9.11 Å². The monoisotopic (exact) mass is 423 g/mol. The fourth-order valence-corrected chi connectivity index (χ4v) is 6.12. The Hall–Kier alpha value is -2.56. The highest BCUT2D eigenvalue weighted by Crippen LogP contribution is 2.39. The second-order valence-electron chi connectivity index (χ2n) is 7.56. The van der Waals surface area contributed by atoms with Crippen molar-refractivity contribution < 1.29 is 22.5 Å². The van der Waals surface area contributed by atoms with E-state index in [1.165, 1.54) is 27.9 Å². The molecule has 3 fully saturated rings. The van der Waals surface area contributed by atoms with Crippen molar-refractivity contribution in [1.29, 1.82) is 0 Å². The van der Waals surface area contributed by atoms with Crippen molar-refractivity contribution in [2.45, 2.75) is 37.6 Å². The molecule has 0 N–H and O–H groups in total. The van der Waals surface area contributed by atoms with Gasteiger partial charge in [-0.15, -0.1) is 5.10 Å². The van der Waals surface area contributed by atoms with Crippen LogP contribution in [0.4, 0.5) is 25.0 Å². The minimum Gasteiger partial charge on any atom is -0.442 e. The van der Waals surface area contributed by atoms with Gasteiger partial charge in [-0.1, -0.05) is 5.21 Å². The molecule has 0 aliphatic carbocycles. The number of amides is 1. The first-order chi connectivity index (χ1) is 14.0. The number of aromatic nitrogens is 3. The van der Waals surface area contributed by atoms with Gasteiger partial charge in [0.1, 0.15) is 11.8 Å². The molecule has 4 heterocycles. The van der Waals surface area contributed by atoms with E-state index in [0.29, 0.717) is 18.1 Å². The summed E-state index contributed by atoms with van der Waals surface area (Å²) in [5, 5.41) is 7.52. The molecule has 2 bridgehead atoms. The predicted octanol–water partition coefficient (Wildman–Crippen LogP) is 1.68. The van der Waals surface area contributed by atoms with Crippen LogP contribution in [0.2, 0.25) is 0 Å². The van der Waals surface area contributed by atoms with Crippen LogP contribution in [0, 0.1) is 11.6 Å².